The van der Waals surface area contributed by atoms with Crippen molar-refractivity contribution in [1.29, 1.82) is 0 Å². The van der Waals surface area contributed by atoms with Crippen LogP contribution in [-0.2, 0) is 0 Å². The minimum atomic E-state index is -1.14. The summed E-state index contributed by atoms with van der Waals surface area (Å²) < 4.78 is 0. The van der Waals surface area contributed by atoms with Crippen LogP contribution < -0.4 is 0 Å². The van der Waals surface area contributed by atoms with Gasteiger partial charge in [0.15, 0.2) is 0 Å². The number of rotatable bonds is 0. The molecule has 10 heavy (non-hydrogen) atoms. The highest BCUT2D eigenvalue weighted by molar-refractivity contribution is 7.18. The molecule has 0 rings (SSSR count). The molecule has 0 aromatic carbocycles. The van der Waals surface area contributed by atoms with Gasteiger partial charge in [-0.3, -0.25) is 0 Å². The SMILES string of the molecule is C[Si](C)(C)Cl.C[Si](C)(C)Cl. The van der Waals surface area contributed by atoms with Crippen molar-refractivity contribution in [3.63, 3.8) is 0 Å². The van der Waals surface area contributed by atoms with Crippen molar-refractivity contribution < 1.29 is 0 Å². The van der Waals surface area contributed by atoms with Crippen molar-refractivity contribution in [2.24, 2.45) is 0 Å². The predicted molar refractivity (Wildman–Crippen MR) is 58.4 cm³/mol. The van der Waals surface area contributed by atoms with Crippen LogP contribution in [0.25, 0.3) is 0 Å². The molecule has 0 aromatic rings. The van der Waals surface area contributed by atoms with Crippen LogP contribution in [0.3, 0.4) is 0 Å². The molecular weight excluding hydrogens is 199 g/mol. The molecule has 0 aliphatic heterocycles. The molecule has 0 heterocycles. The summed E-state index contributed by atoms with van der Waals surface area (Å²) in [4.78, 5) is 0. The third-order valence-corrected chi connectivity index (χ3v) is 0. The highest BCUT2D eigenvalue weighted by Gasteiger charge is 2.04. The summed E-state index contributed by atoms with van der Waals surface area (Å²) in [5.41, 5.74) is 0. The van der Waals surface area contributed by atoms with Crippen molar-refractivity contribution in [1.82, 2.24) is 0 Å². The lowest BCUT2D eigenvalue weighted by molar-refractivity contribution is 1.87. The van der Waals surface area contributed by atoms with E-state index in [0.717, 1.165) is 0 Å². The normalized spacial score (nSPS) is 12.0. The topological polar surface area (TPSA) is 0 Å². The van der Waals surface area contributed by atoms with E-state index in [1.54, 1.807) is 0 Å². The molecule has 64 valence electrons. The Morgan fingerprint density at radius 1 is 0.600 bits per heavy atom. The standard InChI is InChI=1S/2C3H9ClSi/c2*1-5(2,3)4/h2*1-3H3. The van der Waals surface area contributed by atoms with E-state index in [-0.39, 0.29) is 0 Å². The zero-order chi connectivity index (χ0) is 9.00. The minimum Gasteiger partial charge on any atom is -0.168 e. The van der Waals surface area contributed by atoms with Gasteiger partial charge in [0.1, 0.15) is 14.8 Å². The molecule has 0 atom stereocenters. The fourth-order valence-electron chi connectivity index (χ4n) is 0. The first-order valence-corrected chi connectivity index (χ1v) is 12.4. The lowest BCUT2D eigenvalue weighted by Crippen LogP contribution is -2.06. The van der Waals surface area contributed by atoms with Crippen LogP contribution in [0, 0.1) is 0 Å². The van der Waals surface area contributed by atoms with Crippen LogP contribution in [-0.4, -0.2) is 14.8 Å². The van der Waals surface area contributed by atoms with E-state index in [0.29, 0.717) is 0 Å². The fraction of sp³-hybridized carbons (Fsp3) is 1.00. The van der Waals surface area contributed by atoms with E-state index >= 15 is 0 Å². The van der Waals surface area contributed by atoms with E-state index in [2.05, 4.69) is 39.3 Å². The molecule has 0 bridgehead atoms. The highest BCUT2D eigenvalue weighted by Crippen LogP contribution is 2.03. The Morgan fingerprint density at radius 3 is 0.600 bits per heavy atom. The maximum absolute atomic E-state index is 5.67. The number of hydrogen-bond acceptors (Lipinski definition) is 0. The Morgan fingerprint density at radius 2 is 0.600 bits per heavy atom. The largest absolute Gasteiger partial charge is 0.168 e. The summed E-state index contributed by atoms with van der Waals surface area (Å²) in [5.74, 6) is 0. The third-order valence-electron chi connectivity index (χ3n) is 0. The molecular formula is C6H18Cl2Si2. The van der Waals surface area contributed by atoms with Gasteiger partial charge in [0.2, 0.25) is 0 Å². The van der Waals surface area contributed by atoms with Crippen LogP contribution in [0.1, 0.15) is 0 Å². The van der Waals surface area contributed by atoms with Crippen molar-refractivity contribution in [3.05, 3.63) is 0 Å². The van der Waals surface area contributed by atoms with Gasteiger partial charge in [0, 0.05) is 0 Å². The average Bonchev–Trinajstić information content (AvgIpc) is 1.12. The summed E-state index contributed by atoms with van der Waals surface area (Å²) >= 11 is 11.3. The zero-order valence-electron chi connectivity index (χ0n) is 7.76. The Balaban J connectivity index is 0. The second kappa shape index (κ2) is 4.80. The van der Waals surface area contributed by atoms with E-state index in [1.807, 2.05) is 0 Å². The monoisotopic (exact) mass is 216 g/mol. The van der Waals surface area contributed by atoms with E-state index in [4.69, 9.17) is 22.2 Å². The highest BCUT2D eigenvalue weighted by atomic mass is 35.6. The van der Waals surface area contributed by atoms with Crippen molar-refractivity contribution in [2.75, 3.05) is 0 Å². The van der Waals surface area contributed by atoms with E-state index in [1.165, 1.54) is 0 Å². The van der Waals surface area contributed by atoms with Gasteiger partial charge in [-0.1, -0.05) is 39.3 Å². The zero-order valence-corrected chi connectivity index (χ0v) is 11.3. The maximum atomic E-state index is 5.67. The van der Waals surface area contributed by atoms with Gasteiger partial charge in [-0.15, -0.1) is 0 Å². The summed E-state index contributed by atoms with van der Waals surface area (Å²) in [6, 6.07) is 0. The van der Waals surface area contributed by atoms with Gasteiger partial charge >= 0.3 is 0 Å². The Bertz CT molecular complexity index is 56.7. The van der Waals surface area contributed by atoms with Crippen LogP contribution >= 0.6 is 22.2 Å². The summed E-state index contributed by atoms with van der Waals surface area (Å²) in [7, 11) is -2.28. The second-order valence-electron chi connectivity index (χ2n) is 4.13. The van der Waals surface area contributed by atoms with Crippen molar-refractivity contribution in [3.8, 4) is 0 Å². The molecule has 0 saturated heterocycles. The van der Waals surface area contributed by atoms with Crippen LogP contribution in [0.15, 0.2) is 0 Å². The second-order valence-corrected chi connectivity index (χ2v) is 19.2. The molecule has 0 unspecified atom stereocenters. The first-order chi connectivity index (χ1) is 4.00. The molecule has 0 N–H and O–H groups in total. The van der Waals surface area contributed by atoms with Crippen molar-refractivity contribution >= 4 is 36.9 Å². The quantitative estimate of drug-likeness (QED) is 0.423. The molecule has 4 heteroatoms. The van der Waals surface area contributed by atoms with E-state index < -0.39 is 14.8 Å². The predicted octanol–water partition coefficient (Wildman–Crippen LogP) is 4.12. The molecule has 0 aromatic heterocycles. The Labute approximate surface area is 76.3 Å². The molecule has 0 fully saturated rings. The number of hydrogen-bond donors (Lipinski definition) is 0. The van der Waals surface area contributed by atoms with Gasteiger partial charge in [-0.05, 0) is 0 Å². The maximum Gasteiger partial charge on any atom is 0.147 e. The fourth-order valence-corrected chi connectivity index (χ4v) is 0. The van der Waals surface area contributed by atoms with Gasteiger partial charge in [-0.2, -0.15) is 22.2 Å². The first-order valence-electron chi connectivity index (χ1n) is 3.38. The third kappa shape index (κ3) is 563. The molecule has 0 saturated carbocycles. The number of halogens is 2. The van der Waals surface area contributed by atoms with Gasteiger partial charge in [-0.25, -0.2) is 0 Å². The Kier molecular flexibility index (Phi) is 6.53. The summed E-state index contributed by atoms with van der Waals surface area (Å²) in [5, 5.41) is 0. The van der Waals surface area contributed by atoms with Crippen LogP contribution in [0.5, 0.6) is 0 Å². The van der Waals surface area contributed by atoms with Crippen LogP contribution in [0.2, 0.25) is 39.3 Å². The lowest BCUT2D eigenvalue weighted by Gasteiger charge is -1.97. The molecule has 0 aliphatic carbocycles. The van der Waals surface area contributed by atoms with Crippen LogP contribution in [0.4, 0.5) is 0 Å². The molecule has 0 nitrogen and oxygen atoms in total. The Hall–Kier alpha value is 1.01. The molecule has 0 amide bonds. The van der Waals surface area contributed by atoms with Gasteiger partial charge in [0.05, 0.1) is 0 Å². The summed E-state index contributed by atoms with van der Waals surface area (Å²) in [6.07, 6.45) is 0. The summed E-state index contributed by atoms with van der Waals surface area (Å²) in [6.45, 7) is 12.6. The molecule has 0 aliphatic rings. The minimum absolute atomic E-state index is 1.14. The molecule has 0 radical (unpaired) electrons. The smallest absolute Gasteiger partial charge is 0.147 e. The van der Waals surface area contributed by atoms with Gasteiger partial charge < -0.3 is 0 Å². The average molecular weight is 217 g/mol. The van der Waals surface area contributed by atoms with Crippen molar-refractivity contribution in [2.45, 2.75) is 39.3 Å². The first kappa shape index (κ1) is 13.6. The molecule has 0 spiro atoms. The van der Waals surface area contributed by atoms with E-state index in [9.17, 15) is 0 Å². The van der Waals surface area contributed by atoms with Gasteiger partial charge in [0.25, 0.3) is 0 Å². The lowest BCUT2D eigenvalue weighted by atomic mass is 11.8.